The minimum atomic E-state index is -1.30. The summed E-state index contributed by atoms with van der Waals surface area (Å²) in [4.78, 5) is 16.3. The monoisotopic (exact) mass is 418 g/mol. The number of aliphatic carboxylic acids is 1. The Balaban J connectivity index is 1.76. The summed E-state index contributed by atoms with van der Waals surface area (Å²) >= 11 is 0.929. The highest BCUT2D eigenvalue weighted by Gasteiger charge is 2.13. The van der Waals surface area contributed by atoms with Crippen molar-refractivity contribution in [1.82, 2.24) is 4.98 Å². The van der Waals surface area contributed by atoms with E-state index >= 15 is 0 Å². The van der Waals surface area contributed by atoms with Gasteiger partial charge in [0, 0.05) is 10.5 Å². The van der Waals surface area contributed by atoms with Crippen LogP contribution in [-0.4, -0.2) is 17.6 Å². The molecule has 0 bridgehead atoms. The van der Waals surface area contributed by atoms with Gasteiger partial charge in [-0.1, -0.05) is 55.8 Å². The number of ether oxygens (including phenoxy) is 1. The third kappa shape index (κ3) is 4.33. The SMILES string of the molecule is CCCCOc1ccc2ccccc2c1/C=C(\Sc1nc2ccccc2o1)C(=O)[O-]. The number of rotatable bonds is 8. The number of carbonyl (C=O) groups excluding carboxylic acids is 1. The molecule has 30 heavy (non-hydrogen) atoms. The summed E-state index contributed by atoms with van der Waals surface area (Å²) in [6, 6.07) is 18.9. The molecule has 3 aromatic carbocycles. The molecule has 0 fully saturated rings. The van der Waals surface area contributed by atoms with Crippen LogP contribution >= 0.6 is 11.8 Å². The topological polar surface area (TPSA) is 75.4 Å². The first-order valence-electron chi connectivity index (χ1n) is 9.76. The minimum absolute atomic E-state index is 0.00162. The molecule has 0 aliphatic rings. The van der Waals surface area contributed by atoms with Crippen LogP contribution in [0.3, 0.4) is 0 Å². The van der Waals surface area contributed by atoms with Crippen LogP contribution in [0.2, 0.25) is 0 Å². The van der Waals surface area contributed by atoms with Gasteiger partial charge in [-0.3, -0.25) is 0 Å². The van der Waals surface area contributed by atoms with E-state index < -0.39 is 5.97 Å². The smallest absolute Gasteiger partial charge is 0.261 e. The number of carboxylic acids is 1. The molecule has 0 atom stereocenters. The lowest BCUT2D eigenvalue weighted by Gasteiger charge is -2.14. The van der Waals surface area contributed by atoms with Crippen molar-refractivity contribution in [3.8, 4) is 5.75 Å². The average molecular weight is 418 g/mol. The molecular formula is C24H20NO4S-. The number of aromatic nitrogens is 1. The molecule has 0 N–H and O–H groups in total. The van der Waals surface area contributed by atoms with E-state index in [0.717, 1.165) is 35.4 Å². The van der Waals surface area contributed by atoms with Gasteiger partial charge in [-0.2, -0.15) is 0 Å². The van der Waals surface area contributed by atoms with Gasteiger partial charge in [0.15, 0.2) is 5.58 Å². The van der Waals surface area contributed by atoms with Crippen molar-refractivity contribution >= 4 is 45.7 Å². The van der Waals surface area contributed by atoms with Crippen LogP contribution in [0.15, 0.2) is 75.2 Å². The second kappa shape index (κ2) is 9.05. The fraction of sp³-hybridized carbons (Fsp3) is 0.167. The van der Waals surface area contributed by atoms with E-state index in [4.69, 9.17) is 9.15 Å². The van der Waals surface area contributed by atoms with Gasteiger partial charge in [-0.15, -0.1) is 0 Å². The molecule has 0 aliphatic heterocycles. The number of oxazole rings is 1. The van der Waals surface area contributed by atoms with E-state index in [2.05, 4.69) is 11.9 Å². The maximum Gasteiger partial charge on any atom is 0.261 e. The first-order valence-corrected chi connectivity index (χ1v) is 10.6. The van der Waals surface area contributed by atoms with Crippen LogP contribution in [0.1, 0.15) is 25.3 Å². The molecule has 0 spiro atoms. The van der Waals surface area contributed by atoms with Crippen molar-refractivity contribution in [2.45, 2.75) is 25.0 Å². The zero-order valence-electron chi connectivity index (χ0n) is 16.5. The maximum absolute atomic E-state index is 11.9. The summed E-state index contributed by atoms with van der Waals surface area (Å²) in [5.41, 5.74) is 1.98. The molecular weight excluding hydrogens is 398 g/mol. The van der Waals surface area contributed by atoms with Gasteiger partial charge in [-0.25, -0.2) is 4.98 Å². The third-order valence-electron chi connectivity index (χ3n) is 4.63. The van der Waals surface area contributed by atoms with Crippen molar-refractivity contribution in [3.63, 3.8) is 0 Å². The van der Waals surface area contributed by atoms with E-state index in [-0.39, 0.29) is 10.1 Å². The number of carbonyl (C=O) groups is 1. The molecule has 6 heteroatoms. The van der Waals surface area contributed by atoms with E-state index in [0.29, 0.717) is 29.0 Å². The zero-order valence-corrected chi connectivity index (χ0v) is 17.3. The lowest BCUT2D eigenvalue weighted by molar-refractivity contribution is -0.298. The van der Waals surface area contributed by atoms with E-state index in [1.807, 2.05) is 54.6 Å². The summed E-state index contributed by atoms with van der Waals surface area (Å²) in [5, 5.41) is 14.1. The van der Waals surface area contributed by atoms with Crippen LogP contribution in [0.25, 0.3) is 27.9 Å². The molecule has 0 aliphatic carbocycles. The zero-order chi connectivity index (χ0) is 20.9. The first-order chi connectivity index (χ1) is 14.7. The third-order valence-corrected chi connectivity index (χ3v) is 5.49. The normalized spacial score (nSPS) is 11.8. The fourth-order valence-electron chi connectivity index (χ4n) is 3.13. The standard InChI is InChI=1S/C24H21NO4S/c1-2-3-14-28-20-13-12-16-8-4-5-9-17(16)18(20)15-22(23(26)27)30-24-25-19-10-6-7-11-21(19)29-24/h4-13,15H,2-3,14H2,1H3,(H,26,27)/p-1/b22-15-. The first kappa shape index (κ1) is 20.0. The number of benzene rings is 3. The van der Waals surface area contributed by atoms with Gasteiger partial charge in [0.2, 0.25) is 0 Å². The number of thioether (sulfide) groups is 1. The number of fused-ring (bicyclic) bond motifs is 2. The van der Waals surface area contributed by atoms with Crippen LogP contribution < -0.4 is 9.84 Å². The molecule has 1 heterocycles. The van der Waals surface area contributed by atoms with Gasteiger partial charge >= 0.3 is 0 Å². The predicted molar refractivity (Wildman–Crippen MR) is 117 cm³/mol. The van der Waals surface area contributed by atoms with E-state index in [1.165, 1.54) is 0 Å². The maximum atomic E-state index is 11.9. The predicted octanol–water partition coefficient (Wildman–Crippen LogP) is 5.04. The minimum Gasteiger partial charge on any atom is -0.544 e. The molecule has 0 amide bonds. The molecule has 0 saturated carbocycles. The summed E-state index contributed by atoms with van der Waals surface area (Å²) in [5.74, 6) is -0.659. The number of hydrogen-bond donors (Lipinski definition) is 0. The number of hydrogen-bond acceptors (Lipinski definition) is 6. The molecule has 0 saturated heterocycles. The Morgan fingerprint density at radius 1 is 1.13 bits per heavy atom. The summed E-state index contributed by atoms with van der Waals surface area (Å²) in [6.07, 6.45) is 3.51. The van der Waals surface area contributed by atoms with Crippen LogP contribution in [-0.2, 0) is 4.79 Å². The molecule has 152 valence electrons. The summed E-state index contributed by atoms with van der Waals surface area (Å²) in [7, 11) is 0. The average Bonchev–Trinajstić information content (AvgIpc) is 3.17. The van der Waals surface area contributed by atoms with E-state index in [9.17, 15) is 9.90 Å². The second-order valence-electron chi connectivity index (χ2n) is 6.75. The molecule has 0 radical (unpaired) electrons. The highest BCUT2D eigenvalue weighted by Crippen LogP contribution is 2.35. The lowest BCUT2D eigenvalue weighted by Crippen LogP contribution is -2.23. The van der Waals surface area contributed by atoms with Gasteiger partial charge in [-0.05, 0) is 53.2 Å². The van der Waals surface area contributed by atoms with Crippen molar-refractivity contribution in [2.75, 3.05) is 6.61 Å². The molecule has 1 aromatic heterocycles. The Morgan fingerprint density at radius 2 is 1.93 bits per heavy atom. The molecule has 0 unspecified atom stereocenters. The highest BCUT2D eigenvalue weighted by molar-refractivity contribution is 8.03. The molecule has 4 rings (SSSR count). The summed E-state index contributed by atoms with van der Waals surface area (Å²) in [6.45, 7) is 2.66. The summed E-state index contributed by atoms with van der Waals surface area (Å²) < 4.78 is 11.6. The molecule has 4 aromatic rings. The van der Waals surface area contributed by atoms with Crippen molar-refractivity contribution in [1.29, 1.82) is 0 Å². The van der Waals surface area contributed by atoms with Gasteiger partial charge in [0.05, 0.1) is 12.6 Å². The molecule has 5 nitrogen and oxygen atoms in total. The Kier molecular flexibility index (Phi) is 6.05. The number of carboxylic acid groups (broad SMARTS) is 1. The lowest BCUT2D eigenvalue weighted by atomic mass is 10.0. The number of unbranched alkanes of at least 4 members (excludes halogenated alkanes) is 1. The second-order valence-corrected chi connectivity index (χ2v) is 7.74. The largest absolute Gasteiger partial charge is 0.544 e. The highest BCUT2D eigenvalue weighted by atomic mass is 32.2. The van der Waals surface area contributed by atoms with Gasteiger partial charge in [0.25, 0.3) is 5.22 Å². The van der Waals surface area contributed by atoms with Crippen molar-refractivity contribution < 1.29 is 19.1 Å². The van der Waals surface area contributed by atoms with Crippen LogP contribution in [0.5, 0.6) is 5.75 Å². The van der Waals surface area contributed by atoms with Crippen LogP contribution in [0.4, 0.5) is 0 Å². The van der Waals surface area contributed by atoms with Gasteiger partial charge in [0.1, 0.15) is 11.3 Å². The van der Waals surface area contributed by atoms with Crippen molar-refractivity contribution in [2.24, 2.45) is 0 Å². The van der Waals surface area contributed by atoms with Gasteiger partial charge < -0.3 is 19.1 Å². The Hall–Kier alpha value is -3.25. The Labute approximate surface area is 178 Å². The fourth-order valence-corrected chi connectivity index (χ4v) is 3.85. The number of nitrogens with zero attached hydrogens (tertiary/aromatic N) is 1. The van der Waals surface area contributed by atoms with E-state index in [1.54, 1.807) is 12.1 Å². The van der Waals surface area contributed by atoms with Crippen LogP contribution in [0, 0.1) is 0 Å². The number of para-hydroxylation sites is 2. The van der Waals surface area contributed by atoms with Crippen molar-refractivity contribution in [3.05, 3.63) is 71.1 Å². The Bertz CT molecular complexity index is 1200. The Morgan fingerprint density at radius 3 is 2.73 bits per heavy atom. The quantitative estimate of drug-likeness (QED) is 0.227.